The molecule has 0 heterocycles. The van der Waals surface area contributed by atoms with Crippen molar-refractivity contribution in [2.45, 2.75) is 31.2 Å². The monoisotopic (exact) mass is 295 g/mol. The first-order valence-corrected chi connectivity index (χ1v) is 7.00. The largest absolute Gasteiger partial charge is 0.345 e. The SMILES string of the molecule is NC1(C(=O)NCC(=O)Nc2ccc(Cl)cc2)CCCC1. The molecule has 0 bridgehead atoms. The number of carbonyl (C=O) groups is 2. The van der Waals surface area contributed by atoms with Crippen LogP contribution in [0.5, 0.6) is 0 Å². The van der Waals surface area contributed by atoms with E-state index in [4.69, 9.17) is 17.3 Å². The zero-order valence-electron chi connectivity index (χ0n) is 11.1. The number of halogens is 1. The number of carbonyl (C=O) groups excluding carboxylic acids is 2. The van der Waals surface area contributed by atoms with E-state index in [1.807, 2.05) is 0 Å². The van der Waals surface area contributed by atoms with E-state index < -0.39 is 5.54 Å². The van der Waals surface area contributed by atoms with Gasteiger partial charge in [0.15, 0.2) is 0 Å². The van der Waals surface area contributed by atoms with Crippen LogP contribution in [0.3, 0.4) is 0 Å². The lowest BCUT2D eigenvalue weighted by Crippen LogP contribution is -2.53. The van der Waals surface area contributed by atoms with Crippen molar-refractivity contribution < 1.29 is 9.59 Å². The fraction of sp³-hybridized carbons (Fsp3) is 0.429. The number of benzene rings is 1. The standard InChI is InChI=1S/C14H18ClN3O2/c15-10-3-5-11(6-4-10)18-12(19)9-17-13(20)14(16)7-1-2-8-14/h3-6H,1-2,7-9,16H2,(H,17,20)(H,18,19). The molecule has 0 spiro atoms. The minimum absolute atomic E-state index is 0.0829. The van der Waals surface area contributed by atoms with Crippen molar-refractivity contribution in [3.05, 3.63) is 29.3 Å². The van der Waals surface area contributed by atoms with Crippen molar-refractivity contribution in [3.63, 3.8) is 0 Å². The summed E-state index contributed by atoms with van der Waals surface area (Å²) in [5, 5.41) is 5.87. The molecule has 2 amide bonds. The van der Waals surface area contributed by atoms with E-state index in [1.54, 1.807) is 24.3 Å². The predicted molar refractivity (Wildman–Crippen MR) is 78.5 cm³/mol. The van der Waals surface area contributed by atoms with Crippen LogP contribution in [-0.4, -0.2) is 23.9 Å². The average Bonchev–Trinajstić information content (AvgIpc) is 2.87. The van der Waals surface area contributed by atoms with Crippen molar-refractivity contribution in [2.24, 2.45) is 5.73 Å². The van der Waals surface area contributed by atoms with Gasteiger partial charge in [-0.05, 0) is 37.1 Å². The highest BCUT2D eigenvalue weighted by molar-refractivity contribution is 6.30. The number of nitrogens with two attached hydrogens (primary N) is 1. The van der Waals surface area contributed by atoms with E-state index in [0.29, 0.717) is 23.6 Å². The Morgan fingerprint density at radius 1 is 1.20 bits per heavy atom. The van der Waals surface area contributed by atoms with Gasteiger partial charge >= 0.3 is 0 Å². The smallest absolute Gasteiger partial charge is 0.243 e. The Kier molecular flexibility index (Phi) is 4.62. The van der Waals surface area contributed by atoms with Crippen LogP contribution in [-0.2, 0) is 9.59 Å². The Bertz CT molecular complexity index is 496. The molecule has 0 unspecified atom stereocenters. The van der Waals surface area contributed by atoms with Gasteiger partial charge in [0.25, 0.3) is 0 Å². The first-order valence-electron chi connectivity index (χ1n) is 6.62. The van der Waals surface area contributed by atoms with Crippen LogP contribution in [0.4, 0.5) is 5.69 Å². The summed E-state index contributed by atoms with van der Waals surface area (Å²) in [7, 11) is 0. The normalized spacial score (nSPS) is 16.7. The molecule has 0 aromatic heterocycles. The van der Waals surface area contributed by atoms with Crippen molar-refractivity contribution in [1.29, 1.82) is 0 Å². The number of anilines is 1. The lowest BCUT2D eigenvalue weighted by Gasteiger charge is -2.21. The minimum atomic E-state index is -0.805. The van der Waals surface area contributed by atoms with Gasteiger partial charge in [-0.1, -0.05) is 24.4 Å². The number of hydrogen-bond donors (Lipinski definition) is 3. The number of nitrogens with one attached hydrogen (secondary N) is 2. The molecule has 0 aliphatic heterocycles. The maximum Gasteiger partial charge on any atom is 0.243 e. The van der Waals surface area contributed by atoms with Gasteiger partial charge < -0.3 is 16.4 Å². The molecule has 1 aromatic carbocycles. The summed E-state index contributed by atoms with van der Waals surface area (Å²) in [4.78, 5) is 23.7. The van der Waals surface area contributed by atoms with Gasteiger partial charge in [0, 0.05) is 10.7 Å². The molecule has 1 aliphatic carbocycles. The van der Waals surface area contributed by atoms with Crippen LogP contribution in [0.15, 0.2) is 24.3 Å². The molecule has 20 heavy (non-hydrogen) atoms. The summed E-state index contributed by atoms with van der Waals surface area (Å²) >= 11 is 5.76. The Morgan fingerprint density at radius 2 is 1.80 bits per heavy atom. The summed E-state index contributed by atoms with van der Waals surface area (Å²) in [5.74, 6) is -0.538. The molecule has 0 atom stereocenters. The average molecular weight is 296 g/mol. The molecule has 0 saturated heterocycles. The van der Waals surface area contributed by atoms with Crippen LogP contribution in [0.1, 0.15) is 25.7 Å². The topological polar surface area (TPSA) is 84.2 Å². The number of amides is 2. The van der Waals surface area contributed by atoms with Crippen LogP contribution < -0.4 is 16.4 Å². The van der Waals surface area contributed by atoms with E-state index in [0.717, 1.165) is 12.8 Å². The molecule has 108 valence electrons. The Hall–Kier alpha value is -1.59. The predicted octanol–water partition coefficient (Wildman–Crippen LogP) is 1.67. The summed E-state index contributed by atoms with van der Waals surface area (Å²) in [6.45, 7) is -0.0829. The third kappa shape index (κ3) is 3.71. The van der Waals surface area contributed by atoms with Gasteiger partial charge in [0.1, 0.15) is 0 Å². The first kappa shape index (κ1) is 14.8. The summed E-state index contributed by atoms with van der Waals surface area (Å²) < 4.78 is 0. The molecule has 1 saturated carbocycles. The molecule has 5 nitrogen and oxygen atoms in total. The van der Waals surface area contributed by atoms with Crippen molar-refractivity contribution >= 4 is 29.1 Å². The van der Waals surface area contributed by atoms with E-state index in [1.165, 1.54) is 0 Å². The molecule has 4 N–H and O–H groups in total. The van der Waals surface area contributed by atoms with Gasteiger partial charge in [-0.3, -0.25) is 9.59 Å². The second kappa shape index (κ2) is 6.24. The molecule has 2 rings (SSSR count). The quantitative estimate of drug-likeness (QED) is 0.790. The molecule has 6 heteroatoms. The van der Waals surface area contributed by atoms with Crippen LogP contribution in [0.2, 0.25) is 5.02 Å². The number of rotatable bonds is 4. The molecule has 1 aliphatic rings. The highest BCUT2D eigenvalue weighted by atomic mass is 35.5. The fourth-order valence-corrected chi connectivity index (χ4v) is 2.43. The summed E-state index contributed by atoms with van der Waals surface area (Å²) in [5.41, 5.74) is 5.83. The van der Waals surface area contributed by atoms with E-state index in [9.17, 15) is 9.59 Å². The number of hydrogen-bond acceptors (Lipinski definition) is 3. The second-order valence-electron chi connectivity index (χ2n) is 5.10. The lowest BCUT2D eigenvalue weighted by molar-refractivity contribution is -0.128. The van der Waals surface area contributed by atoms with Crippen LogP contribution >= 0.6 is 11.6 Å². The Balaban J connectivity index is 1.80. The highest BCUT2D eigenvalue weighted by Gasteiger charge is 2.36. The van der Waals surface area contributed by atoms with E-state index >= 15 is 0 Å². The molecule has 0 radical (unpaired) electrons. The van der Waals surface area contributed by atoms with E-state index in [-0.39, 0.29) is 18.4 Å². The zero-order valence-corrected chi connectivity index (χ0v) is 11.9. The maximum atomic E-state index is 11.9. The molecular formula is C14H18ClN3O2. The zero-order chi connectivity index (χ0) is 14.6. The molecule has 1 fully saturated rings. The lowest BCUT2D eigenvalue weighted by atomic mass is 9.98. The Labute approximate surface area is 122 Å². The second-order valence-corrected chi connectivity index (χ2v) is 5.54. The van der Waals surface area contributed by atoms with Gasteiger partial charge in [-0.25, -0.2) is 0 Å². The molecular weight excluding hydrogens is 278 g/mol. The summed E-state index contributed by atoms with van der Waals surface area (Å²) in [6, 6.07) is 6.76. The third-order valence-corrected chi connectivity index (χ3v) is 3.74. The first-order chi connectivity index (χ1) is 9.49. The Morgan fingerprint density at radius 3 is 2.40 bits per heavy atom. The fourth-order valence-electron chi connectivity index (χ4n) is 2.31. The highest BCUT2D eigenvalue weighted by Crippen LogP contribution is 2.27. The van der Waals surface area contributed by atoms with Crippen molar-refractivity contribution in [2.75, 3.05) is 11.9 Å². The van der Waals surface area contributed by atoms with Crippen molar-refractivity contribution in [1.82, 2.24) is 5.32 Å². The minimum Gasteiger partial charge on any atom is -0.345 e. The maximum absolute atomic E-state index is 11.9. The van der Waals surface area contributed by atoms with E-state index in [2.05, 4.69) is 10.6 Å². The molecule has 1 aromatic rings. The van der Waals surface area contributed by atoms with Gasteiger partial charge in [-0.15, -0.1) is 0 Å². The van der Waals surface area contributed by atoms with Crippen LogP contribution in [0.25, 0.3) is 0 Å². The van der Waals surface area contributed by atoms with Gasteiger partial charge in [0.2, 0.25) is 11.8 Å². The van der Waals surface area contributed by atoms with Crippen molar-refractivity contribution in [3.8, 4) is 0 Å². The third-order valence-electron chi connectivity index (χ3n) is 3.49. The van der Waals surface area contributed by atoms with Crippen LogP contribution in [0, 0.1) is 0 Å². The van der Waals surface area contributed by atoms with Gasteiger partial charge in [0.05, 0.1) is 12.1 Å². The van der Waals surface area contributed by atoms with Gasteiger partial charge in [-0.2, -0.15) is 0 Å². The summed E-state index contributed by atoms with van der Waals surface area (Å²) in [6.07, 6.45) is 3.27.